The van der Waals surface area contributed by atoms with Crippen LogP contribution in [0.1, 0.15) is 4.88 Å². The predicted octanol–water partition coefficient (Wildman–Crippen LogP) is 1.10. The normalized spacial score (nSPS) is 10.8. The third kappa shape index (κ3) is 0.632. The molecule has 0 radical (unpaired) electrons. The Balaban J connectivity index is 2.92. The highest BCUT2D eigenvalue weighted by molar-refractivity contribution is 7.16. The van der Waals surface area contributed by atoms with E-state index >= 15 is 0 Å². The lowest BCUT2D eigenvalue weighted by atomic mass is 10.6. The third-order valence-electron chi connectivity index (χ3n) is 1.11. The Labute approximate surface area is 56.0 Å². The lowest BCUT2D eigenvalue weighted by Crippen LogP contribution is -1.68. The summed E-state index contributed by atoms with van der Waals surface area (Å²) < 4.78 is 1.92. The van der Waals surface area contributed by atoms with Gasteiger partial charge in [0.2, 0.25) is 4.96 Å². The first kappa shape index (κ1) is 4.93. The van der Waals surface area contributed by atoms with Gasteiger partial charge in [-0.2, -0.15) is 0 Å². The summed E-state index contributed by atoms with van der Waals surface area (Å²) in [5, 5.41) is 7.60. The maximum atomic E-state index is 3.87. The first-order valence-corrected chi connectivity index (χ1v) is 3.44. The summed E-state index contributed by atoms with van der Waals surface area (Å²) in [6.45, 7) is 2.05. The molecule has 2 aromatic rings. The Morgan fingerprint density at radius 2 is 2.56 bits per heavy atom. The fraction of sp³-hybridized carbons (Fsp3) is 0.200. The molecule has 0 atom stereocenters. The van der Waals surface area contributed by atoms with Crippen LogP contribution in [0.3, 0.4) is 0 Å². The van der Waals surface area contributed by atoms with E-state index in [1.807, 2.05) is 10.6 Å². The minimum Gasteiger partial charge on any atom is -0.279 e. The highest BCUT2D eigenvalue weighted by Gasteiger charge is 1.96. The number of aromatic nitrogens is 3. The minimum atomic E-state index is 0.965. The molecule has 0 spiro atoms. The second kappa shape index (κ2) is 1.54. The summed E-state index contributed by atoms with van der Waals surface area (Å²) in [5.41, 5.74) is 0. The van der Waals surface area contributed by atoms with Crippen molar-refractivity contribution in [1.82, 2.24) is 14.6 Å². The Hall–Kier alpha value is -0.900. The number of fused-ring (bicyclic) bond motifs is 1. The second-order valence-corrected chi connectivity index (χ2v) is 3.08. The molecule has 0 aromatic carbocycles. The van der Waals surface area contributed by atoms with E-state index in [9.17, 15) is 0 Å². The van der Waals surface area contributed by atoms with Gasteiger partial charge in [0.25, 0.3) is 0 Å². The minimum absolute atomic E-state index is 0.965. The van der Waals surface area contributed by atoms with Gasteiger partial charge < -0.3 is 0 Å². The number of aryl methyl sites for hydroxylation is 1. The van der Waals surface area contributed by atoms with E-state index in [0.29, 0.717) is 0 Å². The molecule has 0 bridgehead atoms. The number of hydrogen-bond donors (Lipinski definition) is 0. The first-order valence-electron chi connectivity index (χ1n) is 2.62. The van der Waals surface area contributed by atoms with E-state index < -0.39 is 0 Å². The number of thiazole rings is 1. The van der Waals surface area contributed by atoms with E-state index in [2.05, 4.69) is 17.1 Å². The SMILES string of the molecule is Cc1cn2cnnc2s1. The molecule has 0 aliphatic heterocycles. The van der Waals surface area contributed by atoms with Crippen LogP contribution < -0.4 is 0 Å². The zero-order valence-electron chi connectivity index (χ0n) is 4.90. The van der Waals surface area contributed by atoms with Crippen molar-refractivity contribution in [2.24, 2.45) is 0 Å². The Morgan fingerprint density at radius 1 is 1.67 bits per heavy atom. The van der Waals surface area contributed by atoms with Crippen LogP contribution in [-0.2, 0) is 0 Å². The summed E-state index contributed by atoms with van der Waals surface area (Å²) in [7, 11) is 0. The quantitative estimate of drug-likeness (QED) is 0.547. The van der Waals surface area contributed by atoms with Crippen LogP contribution in [-0.4, -0.2) is 14.6 Å². The molecule has 2 aromatic heterocycles. The summed E-state index contributed by atoms with van der Waals surface area (Å²) in [6.07, 6.45) is 3.72. The lowest BCUT2D eigenvalue weighted by molar-refractivity contribution is 1.10. The summed E-state index contributed by atoms with van der Waals surface area (Å²) in [4.78, 5) is 2.23. The molecule has 0 fully saturated rings. The molecule has 0 aliphatic carbocycles. The molecular weight excluding hydrogens is 134 g/mol. The van der Waals surface area contributed by atoms with Crippen molar-refractivity contribution in [3.63, 3.8) is 0 Å². The van der Waals surface area contributed by atoms with E-state index in [4.69, 9.17) is 0 Å². The molecule has 3 nitrogen and oxygen atoms in total. The van der Waals surface area contributed by atoms with Crippen molar-refractivity contribution in [3.8, 4) is 0 Å². The smallest absolute Gasteiger partial charge is 0.216 e. The van der Waals surface area contributed by atoms with Gasteiger partial charge in [0.1, 0.15) is 6.33 Å². The Morgan fingerprint density at radius 3 is 3.33 bits per heavy atom. The van der Waals surface area contributed by atoms with Gasteiger partial charge in [-0.15, -0.1) is 10.2 Å². The van der Waals surface area contributed by atoms with Gasteiger partial charge in [-0.1, -0.05) is 11.3 Å². The van der Waals surface area contributed by atoms with Crippen molar-refractivity contribution in [2.45, 2.75) is 6.92 Å². The van der Waals surface area contributed by atoms with Crippen molar-refractivity contribution >= 4 is 16.3 Å². The fourth-order valence-corrected chi connectivity index (χ4v) is 1.51. The third-order valence-corrected chi connectivity index (χ3v) is 2.02. The number of nitrogens with zero attached hydrogens (tertiary/aromatic N) is 3. The lowest BCUT2D eigenvalue weighted by Gasteiger charge is -1.70. The second-order valence-electron chi connectivity index (χ2n) is 1.86. The van der Waals surface area contributed by atoms with Gasteiger partial charge >= 0.3 is 0 Å². The van der Waals surface area contributed by atoms with Crippen LogP contribution >= 0.6 is 11.3 Å². The average molecular weight is 139 g/mol. The Kier molecular flexibility index (Phi) is 0.843. The molecule has 46 valence electrons. The maximum absolute atomic E-state index is 3.87. The molecule has 4 heteroatoms. The van der Waals surface area contributed by atoms with Crippen molar-refractivity contribution in [1.29, 1.82) is 0 Å². The van der Waals surface area contributed by atoms with Crippen LogP contribution in [0.2, 0.25) is 0 Å². The predicted molar refractivity (Wildman–Crippen MR) is 35.6 cm³/mol. The van der Waals surface area contributed by atoms with E-state index in [-0.39, 0.29) is 0 Å². The Bertz CT molecular complexity index is 293. The maximum Gasteiger partial charge on any atom is 0.216 e. The van der Waals surface area contributed by atoms with Crippen LogP contribution in [0, 0.1) is 6.92 Å². The van der Waals surface area contributed by atoms with E-state index in [0.717, 1.165) is 4.96 Å². The van der Waals surface area contributed by atoms with E-state index in [1.165, 1.54) is 4.88 Å². The van der Waals surface area contributed by atoms with Crippen LogP contribution in [0.4, 0.5) is 0 Å². The largest absolute Gasteiger partial charge is 0.279 e. The molecule has 0 amide bonds. The van der Waals surface area contributed by atoms with Crippen molar-refractivity contribution in [3.05, 3.63) is 17.4 Å². The zero-order chi connectivity index (χ0) is 6.27. The zero-order valence-corrected chi connectivity index (χ0v) is 5.72. The molecule has 2 rings (SSSR count). The molecule has 0 saturated carbocycles. The van der Waals surface area contributed by atoms with Crippen molar-refractivity contribution in [2.75, 3.05) is 0 Å². The van der Waals surface area contributed by atoms with Gasteiger partial charge in [0.05, 0.1) is 0 Å². The number of rotatable bonds is 0. The first-order chi connectivity index (χ1) is 4.36. The van der Waals surface area contributed by atoms with Gasteiger partial charge in [-0.05, 0) is 6.92 Å². The molecule has 9 heavy (non-hydrogen) atoms. The fourth-order valence-electron chi connectivity index (χ4n) is 0.760. The molecule has 0 N–H and O–H groups in total. The van der Waals surface area contributed by atoms with Gasteiger partial charge in [0, 0.05) is 11.1 Å². The van der Waals surface area contributed by atoms with Crippen molar-refractivity contribution < 1.29 is 0 Å². The van der Waals surface area contributed by atoms with Gasteiger partial charge in [0.15, 0.2) is 0 Å². The molecule has 0 saturated heterocycles. The van der Waals surface area contributed by atoms with Crippen LogP contribution in [0.5, 0.6) is 0 Å². The van der Waals surface area contributed by atoms with Gasteiger partial charge in [-0.25, -0.2) is 0 Å². The highest BCUT2D eigenvalue weighted by atomic mass is 32.1. The van der Waals surface area contributed by atoms with E-state index in [1.54, 1.807) is 17.7 Å². The summed E-state index contributed by atoms with van der Waals surface area (Å²) in [5.74, 6) is 0. The highest BCUT2D eigenvalue weighted by Crippen LogP contribution is 2.12. The number of hydrogen-bond acceptors (Lipinski definition) is 3. The molecule has 2 heterocycles. The van der Waals surface area contributed by atoms with Crippen LogP contribution in [0.15, 0.2) is 12.5 Å². The summed E-state index contributed by atoms with van der Waals surface area (Å²) >= 11 is 1.65. The van der Waals surface area contributed by atoms with Crippen LogP contribution in [0.25, 0.3) is 4.96 Å². The molecule has 0 unspecified atom stereocenters. The standard InChI is InChI=1S/C5H5N3S/c1-4-2-8-3-6-7-5(8)9-4/h2-3H,1H3. The topological polar surface area (TPSA) is 30.2 Å². The summed E-state index contributed by atoms with van der Waals surface area (Å²) in [6, 6.07) is 0. The van der Waals surface area contributed by atoms with Gasteiger partial charge in [-0.3, -0.25) is 4.40 Å². The average Bonchev–Trinajstić information content (AvgIpc) is 2.22. The molecule has 0 aliphatic rings. The monoisotopic (exact) mass is 139 g/mol. The molecular formula is C5H5N3S.